The van der Waals surface area contributed by atoms with E-state index in [9.17, 15) is 13.2 Å². The van der Waals surface area contributed by atoms with E-state index in [0.717, 1.165) is 31.5 Å². The van der Waals surface area contributed by atoms with E-state index in [1.807, 2.05) is 22.7 Å². The zero-order chi connectivity index (χ0) is 19.6. The van der Waals surface area contributed by atoms with Gasteiger partial charge in [0.05, 0.1) is 17.0 Å². The topological polar surface area (TPSA) is 87.5 Å². The third-order valence-corrected chi connectivity index (χ3v) is 7.98. The summed E-state index contributed by atoms with van der Waals surface area (Å²) in [6, 6.07) is 2.00. The molecule has 2 fully saturated rings. The summed E-state index contributed by atoms with van der Waals surface area (Å²) < 4.78 is 28.0. The highest BCUT2D eigenvalue weighted by Gasteiger charge is 2.33. The van der Waals surface area contributed by atoms with Gasteiger partial charge in [0.15, 0.2) is 0 Å². The Kier molecular flexibility index (Phi) is 6.10. The van der Waals surface area contributed by atoms with Gasteiger partial charge in [-0.1, -0.05) is 0 Å². The van der Waals surface area contributed by atoms with Gasteiger partial charge in [-0.25, -0.2) is 17.5 Å². The van der Waals surface area contributed by atoms with Crippen LogP contribution in [0.15, 0.2) is 12.3 Å². The summed E-state index contributed by atoms with van der Waals surface area (Å²) in [5.74, 6) is 0. The Hall–Kier alpha value is -1.61. The van der Waals surface area contributed by atoms with Gasteiger partial charge in [-0.15, -0.1) is 0 Å². The summed E-state index contributed by atoms with van der Waals surface area (Å²) in [6.45, 7) is 5.09. The van der Waals surface area contributed by atoms with Crippen LogP contribution in [0.25, 0.3) is 0 Å². The Morgan fingerprint density at radius 3 is 2.48 bits per heavy atom. The maximum Gasteiger partial charge on any atom is 0.318 e. The molecule has 152 valence electrons. The molecule has 1 aromatic rings. The normalized spacial score (nSPS) is 23.0. The standard InChI is InChI=1S/C18H31N5O3S/c1-14(2)27(25,26)22-12-8-15(9-13-22)20-18(24)23-11-5-4-6-17(23)16-7-10-19-21(16)3/h7,10,14-15,17H,4-6,8-9,11-13H2,1-3H3,(H,20,24). The Morgan fingerprint density at radius 1 is 1.19 bits per heavy atom. The third kappa shape index (κ3) is 4.29. The number of aromatic nitrogens is 2. The minimum atomic E-state index is -3.21. The number of likely N-dealkylation sites (tertiary alicyclic amines) is 1. The molecule has 2 amide bonds. The van der Waals surface area contributed by atoms with Crippen LogP contribution in [0.5, 0.6) is 0 Å². The molecular formula is C18H31N5O3S. The van der Waals surface area contributed by atoms with Crippen molar-refractivity contribution >= 4 is 16.1 Å². The first-order valence-electron chi connectivity index (χ1n) is 9.84. The molecule has 3 rings (SSSR count). The lowest BCUT2D eigenvalue weighted by Crippen LogP contribution is -2.52. The molecule has 2 aliphatic rings. The Morgan fingerprint density at radius 2 is 1.89 bits per heavy atom. The predicted octanol–water partition coefficient (Wildman–Crippen LogP) is 1.86. The first-order valence-corrected chi connectivity index (χ1v) is 11.3. The van der Waals surface area contributed by atoms with E-state index in [1.54, 1.807) is 24.3 Å². The number of rotatable bonds is 4. The second-order valence-corrected chi connectivity index (χ2v) is 10.3. The van der Waals surface area contributed by atoms with Crippen molar-refractivity contribution in [2.75, 3.05) is 19.6 Å². The molecule has 1 atom stereocenters. The van der Waals surface area contributed by atoms with Crippen LogP contribution in [-0.4, -0.2) is 64.4 Å². The van der Waals surface area contributed by atoms with Crippen LogP contribution in [0, 0.1) is 0 Å². The fraction of sp³-hybridized carbons (Fsp3) is 0.778. The maximum absolute atomic E-state index is 12.9. The zero-order valence-corrected chi connectivity index (χ0v) is 17.3. The molecule has 2 aliphatic heterocycles. The lowest BCUT2D eigenvalue weighted by atomic mass is 9.99. The summed E-state index contributed by atoms with van der Waals surface area (Å²) in [4.78, 5) is 14.8. The minimum absolute atomic E-state index is 0.0187. The van der Waals surface area contributed by atoms with Crippen molar-refractivity contribution in [1.29, 1.82) is 0 Å². The Balaban J connectivity index is 1.60. The highest BCUT2D eigenvalue weighted by molar-refractivity contribution is 7.89. The quantitative estimate of drug-likeness (QED) is 0.840. The zero-order valence-electron chi connectivity index (χ0n) is 16.5. The van der Waals surface area contributed by atoms with Gasteiger partial charge in [0.1, 0.15) is 0 Å². The van der Waals surface area contributed by atoms with Crippen molar-refractivity contribution in [2.45, 2.75) is 63.3 Å². The third-order valence-electron chi connectivity index (χ3n) is 5.70. The van der Waals surface area contributed by atoms with E-state index in [1.165, 1.54) is 0 Å². The van der Waals surface area contributed by atoms with Crippen molar-refractivity contribution in [1.82, 2.24) is 24.3 Å². The van der Waals surface area contributed by atoms with Gasteiger partial charge < -0.3 is 10.2 Å². The molecule has 1 aromatic heterocycles. The monoisotopic (exact) mass is 397 g/mol. The fourth-order valence-electron chi connectivity index (χ4n) is 4.00. The lowest BCUT2D eigenvalue weighted by Gasteiger charge is -2.38. The average Bonchev–Trinajstić information content (AvgIpc) is 3.08. The molecule has 27 heavy (non-hydrogen) atoms. The predicted molar refractivity (Wildman–Crippen MR) is 104 cm³/mol. The van der Waals surface area contributed by atoms with Gasteiger partial charge >= 0.3 is 6.03 Å². The summed E-state index contributed by atoms with van der Waals surface area (Å²) >= 11 is 0. The molecule has 0 radical (unpaired) electrons. The van der Waals surface area contributed by atoms with Gasteiger partial charge in [-0.2, -0.15) is 5.10 Å². The van der Waals surface area contributed by atoms with Crippen molar-refractivity contribution < 1.29 is 13.2 Å². The number of urea groups is 1. The first kappa shape index (κ1) is 20.1. The van der Waals surface area contributed by atoms with E-state index < -0.39 is 15.3 Å². The molecule has 0 spiro atoms. The fourth-order valence-corrected chi connectivity index (χ4v) is 5.32. The van der Waals surface area contributed by atoms with Crippen LogP contribution in [0.2, 0.25) is 0 Å². The SMILES string of the molecule is CC(C)S(=O)(=O)N1CCC(NC(=O)N2CCCCC2c2ccnn2C)CC1. The van der Waals surface area contributed by atoms with Crippen molar-refractivity contribution in [3.05, 3.63) is 18.0 Å². The Labute approximate surface area is 161 Å². The molecule has 3 heterocycles. The van der Waals surface area contributed by atoms with Crippen LogP contribution < -0.4 is 5.32 Å². The molecule has 0 bridgehead atoms. The van der Waals surface area contributed by atoms with E-state index in [-0.39, 0.29) is 18.1 Å². The van der Waals surface area contributed by atoms with Gasteiger partial charge in [-0.3, -0.25) is 4.68 Å². The number of sulfonamides is 1. The molecule has 9 heteroatoms. The second kappa shape index (κ2) is 8.18. The molecular weight excluding hydrogens is 366 g/mol. The van der Waals surface area contributed by atoms with Gasteiger partial charge in [0.25, 0.3) is 0 Å². The summed E-state index contributed by atoms with van der Waals surface area (Å²) in [7, 11) is -1.31. The van der Waals surface area contributed by atoms with E-state index in [2.05, 4.69) is 10.4 Å². The molecule has 1 N–H and O–H groups in total. The summed E-state index contributed by atoms with van der Waals surface area (Å²) in [6.07, 6.45) is 6.13. The van der Waals surface area contributed by atoms with Crippen molar-refractivity contribution in [3.63, 3.8) is 0 Å². The van der Waals surface area contributed by atoms with Gasteiger partial charge in [0.2, 0.25) is 10.0 Å². The van der Waals surface area contributed by atoms with Crippen molar-refractivity contribution in [3.8, 4) is 0 Å². The van der Waals surface area contributed by atoms with E-state index >= 15 is 0 Å². The maximum atomic E-state index is 12.9. The average molecular weight is 398 g/mol. The number of amides is 2. The largest absolute Gasteiger partial charge is 0.335 e. The van der Waals surface area contributed by atoms with Gasteiger partial charge in [-0.05, 0) is 52.0 Å². The van der Waals surface area contributed by atoms with Crippen LogP contribution in [0.3, 0.4) is 0 Å². The molecule has 0 aliphatic carbocycles. The molecule has 1 unspecified atom stereocenters. The van der Waals surface area contributed by atoms with Crippen LogP contribution >= 0.6 is 0 Å². The number of nitrogens with one attached hydrogen (secondary N) is 1. The smallest absolute Gasteiger partial charge is 0.318 e. The number of carbonyl (C=O) groups is 1. The van der Waals surface area contributed by atoms with E-state index in [4.69, 9.17) is 0 Å². The van der Waals surface area contributed by atoms with Crippen molar-refractivity contribution in [2.24, 2.45) is 7.05 Å². The van der Waals surface area contributed by atoms with Crippen LogP contribution in [0.4, 0.5) is 4.79 Å². The van der Waals surface area contributed by atoms with Gasteiger partial charge in [0, 0.05) is 38.9 Å². The molecule has 0 aromatic carbocycles. The first-order chi connectivity index (χ1) is 12.8. The van der Waals surface area contributed by atoms with Crippen LogP contribution in [-0.2, 0) is 17.1 Å². The number of hydrogen-bond acceptors (Lipinski definition) is 4. The summed E-state index contributed by atoms with van der Waals surface area (Å²) in [5, 5.41) is 6.97. The number of piperidine rings is 2. The van der Waals surface area contributed by atoms with E-state index in [0.29, 0.717) is 25.9 Å². The molecule has 2 saturated heterocycles. The highest BCUT2D eigenvalue weighted by atomic mass is 32.2. The highest BCUT2D eigenvalue weighted by Crippen LogP contribution is 2.30. The molecule has 8 nitrogen and oxygen atoms in total. The molecule has 0 saturated carbocycles. The summed E-state index contributed by atoms with van der Waals surface area (Å²) in [5.41, 5.74) is 1.06. The second-order valence-electron chi connectivity index (χ2n) is 7.80. The van der Waals surface area contributed by atoms with Crippen LogP contribution in [0.1, 0.15) is 57.7 Å². The Bertz CT molecular complexity index is 753. The number of aryl methyl sites for hydroxylation is 1. The number of hydrogen-bond donors (Lipinski definition) is 1. The lowest BCUT2D eigenvalue weighted by molar-refractivity contribution is 0.141. The minimum Gasteiger partial charge on any atom is -0.335 e. The number of nitrogens with zero attached hydrogens (tertiary/aromatic N) is 4. The number of carbonyl (C=O) groups excluding carboxylic acids is 1.